The largest absolute Gasteiger partial charge is 0.305 e. The maximum atomic E-state index is 12.5. The number of amides is 1. The van der Waals surface area contributed by atoms with Crippen molar-refractivity contribution < 1.29 is 4.79 Å². The van der Waals surface area contributed by atoms with Crippen molar-refractivity contribution >= 4 is 11.7 Å². The van der Waals surface area contributed by atoms with Gasteiger partial charge in [-0.05, 0) is 52.0 Å². The molecule has 0 aliphatic rings. The summed E-state index contributed by atoms with van der Waals surface area (Å²) < 4.78 is 3.37. The fourth-order valence-electron chi connectivity index (χ4n) is 2.99. The van der Waals surface area contributed by atoms with Gasteiger partial charge in [0.15, 0.2) is 17.3 Å². The summed E-state index contributed by atoms with van der Waals surface area (Å²) in [5.74, 6) is 1.03. The minimum Gasteiger partial charge on any atom is -0.305 e. The second-order valence-corrected chi connectivity index (χ2v) is 6.67. The van der Waals surface area contributed by atoms with Gasteiger partial charge in [-0.2, -0.15) is 10.2 Å². The Bertz CT molecular complexity index is 1190. The summed E-state index contributed by atoms with van der Waals surface area (Å²) in [4.78, 5) is 20.9. The number of hydrogen-bond donors (Lipinski definition) is 1. The number of aryl methyl sites for hydroxylation is 4. The Balaban J connectivity index is 1.53. The lowest BCUT2D eigenvalue weighted by Crippen LogP contribution is -2.16. The molecule has 4 rings (SSSR count). The molecule has 0 unspecified atom stereocenters. The Morgan fingerprint density at radius 1 is 0.828 bits per heavy atom. The van der Waals surface area contributed by atoms with Crippen molar-refractivity contribution in [1.82, 2.24) is 39.7 Å². The second kappa shape index (κ2) is 7.23. The first-order valence-electron chi connectivity index (χ1n) is 8.95. The highest BCUT2D eigenvalue weighted by molar-refractivity contribution is 6.02. The van der Waals surface area contributed by atoms with Gasteiger partial charge in [-0.3, -0.25) is 4.79 Å². The Labute approximate surface area is 166 Å². The van der Waals surface area contributed by atoms with Crippen LogP contribution in [-0.2, 0) is 0 Å². The normalized spacial score (nSPS) is 10.9. The molecule has 0 aliphatic carbocycles. The van der Waals surface area contributed by atoms with E-state index in [-0.39, 0.29) is 5.69 Å². The molecule has 10 nitrogen and oxygen atoms in total. The SMILES string of the molecule is Cc1cc(C)n(-c2cc(NC(=O)c3ccc(-n4nc(C)cc4C)nn3)ncn2)n1. The molecule has 0 fully saturated rings. The predicted octanol–water partition coefficient (Wildman–Crippen LogP) is 2.12. The van der Waals surface area contributed by atoms with E-state index in [9.17, 15) is 4.79 Å². The van der Waals surface area contributed by atoms with Crippen LogP contribution in [0.5, 0.6) is 0 Å². The summed E-state index contributed by atoms with van der Waals surface area (Å²) in [6.07, 6.45) is 1.37. The molecule has 0 saturated carbocycles. The molecule has 0 aliphatic heterocycles. The number of anilines is 1. The first-order valence-corrected chi connectivity index (χ1v) is 8.95. The van der Waals surface area contributed by atoms with Gasteiger partial charge in [0.25, 0.3) is 5.91 Å². The van der Waals surface area contributed by atoms with Crippen LogP contribution in [0.4, 0.5) is 5.82 Å². The van der Waals surface area contributed by atoms with E-state index < -0.39 is 5.91 Å². The van der Waals surface area contributed by atoms with Gasteiger partial charge in [0.1, 0.15) is 12.1 Å². The van der Waals surface area contributed by atoms with E-state index in [1.807, 2.05) is 39.8 Å². The molecule has 29 heavy (non-hydrogen) atoms. The molecule has 10 heteroatoms. The van der Waals surface area contributed by atoms with Crippen LogP contribution in [0.3, 0.4) is 0 Å². The van der Waals surface area contributed by atoms with Crippen molar-refractivity contribution in [3.63, 3.8) is 0 Å². The molecule has 0 bridgehead atoms. The van der Waals surface area contributed by atoms with Crippen molar-refractivity contribution in [2.45, 2.75) is 27.7 Å². The lowest BCUT2D eigenvalue weighted by atomic mass is 10.3. The molecule has 4 heterocycles. The molecule has 1 N–H and O–H groups in total. The van der Waals surface area contributed by atoms with Crippen LogP contribution in [0, 0.1) is 27.7 Å². The van der Waals surface area contributed by atoms with Gasteiger partial charge in [0, 0.05) is 17.5 Å². The summed E-state index contributed by atoms with van der Waals surface area (Å²) in [6, 6.07) is 8.83. The van der Waals surface area contributed by atoms with Gasteiger partial charge in [0.2, 0.25) is 0 Å². The Kier molecular flexibility index (Phi) is 4.59. The van der Waals surface area contributed by atoms with Crippen LogP contribution >= 0.6 is 0 Å². The van der Waals surface area contributed by atoms with Crippen LogP contribution in [0.15, 0.2) is 36.7 Å². The zero-order chi connectivity index (χ0) is 20.5. The van der Waals surface area contributed by atoms with Crippen LogP contribution in [0.25, 0.3) is 11.6 Å². The number of carbonyl (C=O) groups excluding carboxylic acids is 1. The third-order valence-corrected chi connectivity index (χ3v) is 4.23. The molecule has 0 saturated heterocycles. The highest BCUT2D eigenvalue weighted by atomic mass is 16.2. The standard InChI is InChI=1S/C19H19N9O/c1-11-7-13(3)27(25-11)17-6-5-15(23-24-17)19(29)22-16-9-18(21-10-20-16)28-14(4)8-12(2)26-28/h5-10H,1-4H3,(H,20,21,22,29). The van der Waals surface area contributed by atoms with E-state index in [2.05, 4.69) is 35.7 Å². The molecule has 1 amide bonds. The van der Waals surface area contributed by atoms with Crippen LogP contribution in [0.1, 0.15) is 33.3 Å². The van der Waals surface area contributed by atoms with E-state index in [0.29, 0.717) is 17.5 Å². The van der Waals surface area contributed by atoms with Crippen molar-refractivity contribution in [1.29, 1.82) is 0 Å². The van der Waals surface area contributed by atoms with Gasteiger partial charge in [0.05, 0.1) is 11.4 Å². The Morgan fingerprint density at radius 3 is 2.03 bits per heavy atom. The van der Waals surface area contributed by atoms with Crippen LogP contribution in [0.2, 0.25) is 0 Å². The fourth-order valence-corrected chi connectivity index (χ4v) is 2.99. The smallest absolute Gasteiger partial charge is 0.277 e. The van der Waals surface area contributed by atoms with Gasteiger partial charge in [-0.15, -0.1) is 10.2 Å². The van der Waals surface area contributed by atoms with Gasteiger partial charge >= 0.3 is 0 Å². The van der Waals surface area contributed by atoms with Crippen molar-refractivity contribution in [3.8, 4) is 11.6 Å². The van der Waals surface area contributed by atoms with Crippen LogP contribution in [-0.4, -0.2) is 45.6 Å². The monoisotopic (exact) mass is 389 g/mol. The highest BCUT2D eigenvalue weighted by Gasteiger charge is 2.13. The molecule has 4 aromatic heterocycles. The number of hydrogen-bond acceptors (Lipinski definition) is 7. The molecular weight excluding hydrogens is 370 g/mol. The lowest BCUT2D eigenvalue weighted by Gasteiger charge is -2.07. The van der Waals surface area contributed by atoms with Gasteiger partial charge in [-0.25, -0.2) is 19.3 Å². The fraction of sp³-hybridized carbons (Fsp3) is 0.211. The summed E-state index contributed by atoms with van der Waals surface area (Å²) in [6.45, 7) is 7.67. The van der Waals surface area contributed by atoms with E-state index in [1.54, 1.807) is 27.6 Å². The minimum absolute atomic E-state index is 0.168. The average Bonchev–Trinajstić information content (AvgIpc) is 3.22. The topological polar surface area (TPSA) is 116 Å². The first-order chi connectivity index (χ1) is 13.9. The Hall–Kier alpha value is -3.95. The first kappa shape index (κ1) is 18.4. The molecule has 4 aromatic rings. The molecule has 0 atom stereocenters. The van der Waals surface area contributed by atoms with Crippen molar-refractivity contribution in [2.75, 3.05) is 5.32 Å². The van der Waals surface area contributed by atoms with E-state index >= 15 is 0 Å². The summed E-state index contributed by atoms with van der Waals surface area (Å²) in [7, 11) is 0. The Morgan fingerprint density at radius 2 is 1.48 bits per heavy atom. The average molecular weight is 389 g/mol. The van der Waals surface area contributed by atoms with Crippen molar-refractivity contribution in [2.24, 2.45) is 0 Å². The summed E-state index contributed by atoms with van der Waals surface area (Å²) in [5, 5.41) is 19.6. The van der Waals surface area contributed by atoms with E-state index in [4.69, 9.17) is 0 Å². The maximum Gasteiger partial charge on any atom is 0.277 e. The third-order valence-electron chi connectivity index (χ3n) is 4.23. The lowest BCUT2D eigenvalue weighted by molar-refractivity contribution is 0.102. The van der Waals surface area contributed by atoms with Gasteiger partial charge in [-0.1, -0.05) is 0 Å². The zero-order valence-corrected chi connectivity index (χ0v) is 16.5. The predicted molar refractivity (Wildman–Crippen MR) is 105 cm³/mol. The van der Waals surface area contributed by atoms with Crippen LogP contribution < -0.4 is 5.32 Å². The summed E-state index contributed by atoms with van der Waals surface area (Å²) in [5.41, 5.74) is 3.80. The number of aromatic nitrogens is 8. The van der Waals surface area contributed by atoms with Gasteiger partial charge < -0.3 is 5.32 Å². The number of nitrogens with one attached hydrogen (secondary N) is 1. The zero-order valence-electron chi connectivity index (χ0n) is 16.5. The molecule has 0 radical (unpaired) electrons. The molecular formula is C19H19N9O. The second-order valence-electron chi connectivity index (χ2n) is 6.67. The number of nitrogens with zero attached hydrogens (tertiary/aromatic N) is 8. The number of carbonyl (C=O) groups is 1. The highest BCUT2D eigenvalue weighted by Crippen LogP contribution is 2.13. The quantitative estimate of drug-likeness (QED) is 0.568. The van der Waals surface area contributed by atoms with E-state index in [1.165, 1.54) is 6.33 Å². The molecule has 0 spiro atoms. The van der Waals surface area contributed by atoms with E-state index in [0.717, 1.165) is 22.8 Å². The summed E-state index contributed by atoms with van der Waals surface area (Å²) >= 11 is 0. The minimum atomic E-state index is -0.421. The number of rotatable bonds is 4. The van der Waals surface area contributed by atoms with Crippen molar-refractivity contribution in [3.05, 3.63) is 65.1 Å². The molecule has 146 valence electrons. The third kappa shape index (κ3) is 3.72. The maximum absolute atomic E-state index is 12.5. The molecule has 0 aromatic carbocycles.